The lowest BCUT2D eigenvalue weighted by molar-refractivity contribution is 0.298. The van der Waals surface area contributed by atoms with Gasteiger partial charge in [0, 0.05) is 25.0 Å². The van der Waals surface area contributed by atoms with Crippen LogP contribution in [-0.4, -0.2) is 23.8 Å². The van der Waals surface area contributed by atoms with Crippen molar-refractivity contribution < 1.29 is 8.42 Å². The molecule has 28 heavy (non-hydrogen) atoms. The van der Waals surface area contributed by atoms with Crippen molar-refractivity contribution >= 4 is 10.0 Å². The third kappa shape index (κ3) is 3.29. The number of hydrogen-bond donors (Lipinski definition) is 0. The first kappa shape index (κ1) is 19.0. The van der Waals surface area contributed by atoms with Crippen molar-refractivity contribution in [2.45, 2.75) is 43.7 Å². The minimum absolute atomic E-state index is 0.0567. The van der Waals surface area contributed by atoms with Gasteiger partial charge in [-0.3, -0.25) is 0 Å². The summed E-state index contributed by atoms with van der Waals surface area (Å²) in [6, 6.07) is 20.8. The van der Waals surface area contributed by atoms with Crippen LogP contribution >= 0.6 is 0 Å². The van der Waals surface area contributed by atoms with E-state index in [9.17, 15) is 8.42 Å². The molecule has 1 aromatic heterocycles. The van der Waals surface area contributed by atoms with Crippen LogP contribution < -0.4 is 0 Å². The molecule has 2 aromatic carbocycles. The minimum atomic E-state index is -3.60. The molecule has 0 radical (unpaired) electrons. The Balaban J connectivity index is 1.81. The first-order valence-electron chi connectivity index (χ1n) is 9.61. The second-order valence-electron chi connectivity index (χ2n) is 8.33. The van der Waals surface area contributed by atoms with Crippen molar-refractivity contribution in [3.8, 4) is 0 Å². The van der Waals surface area contributed by atoms with Gasteiger partial charge in [0.25, 0.3) is 0 Å². The van der Waals surface area contributed by atoms with Gasteiger partial charge >= 0.3 is 0 Å². The lowest BCUT2D eigenvalue weighted by Gasteiger charge is -2.36. The van der Waals surface area contributed by atoms with Crippen LogP contribution in [0.2, 0.25) is 0 Å². The molecule has 1 aliphatic rings. The van der Waals surface area contributed by atoms with Gasteiger partial charge in [0.05, 0.1) is 10.9 Å². The Bertz CT molecular complexity index is 1060. The van der Waals surface area contributed by atoms with E-state index in [1.807, 2.05) is 24.4 Å². The molecule has 0 spiro atoms. The lowest BCUT2D eigenvalue weighted by atomic mass is 9.86. The molecule has 2 heterocycles. The Labute approximate surface area is 167 Å². The first-order chi connectivity index (χ1) is 13.3. The number of aromatic nitrogens is 1. The van der Waals surface area contributed by atoms with Crippen LogP contribution in [0.15, 0.2) is 77.8 Å². The topological polar surface area (TPSA) is 42.3 Å². The smallest absolute Gasteiger partial charge is 0.244 e. The zero-order valence-corrected chi connectivity index (χ0v) is 17.4. The number of hydrogen-bond acceptors (Lipinski definition) is 2. The van der Waals surface area contributed by atoms with E-state index in [1.165, 1.54) is 5.56 Å². The van der Waals surface area contributed by atoms with E-state index in [0.717, 1.165) is 11.3 Å². The SMILES string of the molecule is CC(C)(C)c1ccc(C2c3cccn3CCN2S(=O)(=O)c2ccccc2)cc1. The van der Waals surface area contributed by atoms with Gasteiger partial charge in [-0.2, -0.15) is 4.31 Å². The van der Waals surface area contributed by atoms with E-state index in [0.29, 0.717) is 18.0 Å². The van der Waals surface area contributed by atoms with Gasteiger partial charge in [-0.05, 0) is 40.8 Å². The summed E-state index contributed by atoms with van der Waals surface area (Å²) in [7, 11) is -3.60. The van der Waals surface area contributed by atoms with E-state index >= 15 is 0 Å². The Morgan fingerprint density at radius 3 is 2.18 bits per heavy atom. The predicted molar refractivity (Wildman–Crippen MR) is 112 cm³/mol. The molecule has 0 saturated carbocycles. The number of nitrogens with zero attached hydrogens (tertiary/aromatic N) is 2. The van der Waals surface area contributed by atoms with Gasteiger partial charge in [0.15, 0.2) is 0 Å². The number of rotatable bonds is 3. The summed E-state index contributed by atoms with van der Waals surface area (Å²) in [6.07, 6.45) is 2.03. The molecular weight excluding hydrogens is 368 g/mol. The van der Waals surface area contributed by atoms with E-state index in [-0.39, 0.29) is 11.5 Å². The normalized spacial score (nSPS) is 18.0. The molecule has 0 amide bonds. The van der Waals surface area contributed by atoms with Gasteiger partial charge in [0.2, 0.25) is 10.0 Å². The Morgan fingerprint density at radius 2 is 1.54 bits per heavy atom. The summed E-state index contributed by atoms with van der Waals surface area (Å²) in [5, 5.41) is 0. The third-order valence-corrected chi connectivity index (χ3v) is 7.32. The van der Waals surface area contributed by atoms with Crippen LogP contribution in [0.5, 0.6) is 0 Å². The van der Waals surface area contributed by atoms with Gasteiger partial charge in [0.1, 0.15) is 0 Å². The second kappa shape index (κ2) is 6.90. The van der Waals surface area contributed by atoms with Crippen molar-refractivity contribution in [3.05, 3.63) is 89.7 Å². The van der Waals surface area contributed by atoms with E-state index in [1.54, 1.807) is 28.6 Å². The maximum Gasteiger partial charge on any atom is 0.244 e. The van der Waals surface area contributed by atoms with Crippen molar-refractivity contribution in [1.82, 2.24) is 8.87 Å². The van der Waals surface area contributed by atoms with Crippen molar-refractivity contribution in [1.29, 1.82) is 0 Å². The average molecular weight is 395 g/mol. The van der Waals surface area contributed by atoms with Gasteiger partial charge in [-0.25, -0.2) is 8.42 Å². The number of sulfonamides is 1. The molecule has 3 aromatic rings. The number of benzene rings is 2. The fraction of sp³-hybridized carbons (Fsp3) is 0.304. The molecule has 0 fully saturated rings. The van der Waals surface area contributed by atoms with Crippen LogP contribution in [0, 0.1) is 0 Å². The van der Waals surface area contributed by atoms with Crippen LogP contribution in [0.1, 0.15) is 43.6 Å². The highest BCUT2D eigenvalue weighted by molar-refractivity contribution is 7.89. The Kier molecular flexibility index (Phi) is 4.68. The molecule has 0 saturated heterocycles. The second-order valence-corrected chi connectivity index (χ2v) is 10.2. The van der Waals surface area contributed by atoms with Crippen LogP contribution in [-0.2, 0) is 22.0 Å². The Hall–Kier alpha value is -2.37. The minimum Gasteiger partial charge on any atom is -0.348 e. The summed E-state index contributed by atoms with van der Waals surface area (Å²) >= 11 is 0. The molecule has 0 N–H and O–H groups in total. The molecule has 1 unspecified atom stereocenters. The molecule has 4 nitrogen and oxygen atoms in total. The fourth-order valence-corrected chi connectivity index (χ4v) is 5.45. The molecule has 146 valence electrons. The summed E-state index contributed by atoms with van der Waals surface area (Å²) in [5.74, 6) is 0. The van der Waals surface area contributed by atoms with Gasteiger partial charge in [-0.15, -0.1) is 0 Å². The standard InChI is InChI=1S/C23H26N2O2S/c1-23(2,3)19-13-11-18(12-14-19)22-21-10-7-15-24(21)16-17-25(22)28(26,27)20-8-5-4-6-9-20/h4-15,22H,16-17H2,1-3H3. The van der Waals surface area contributed by atoms with Crippen LogP contribution in [0.25, 0.3) is 0 Å². The van der Waals surface area contributed by atoms with Gasteiger partial charge < -0.3 is 4.57 Å². The fourth-order valence-electron chi connectivity index (χ4n) is 3.85. The molecule has 5 heteroatoms. The van der Waals surface area contributed by atoms with Crippen LogP contribution in [0.4, 0.5) is 0 Å². The maximum atomic E-state index is 13.4. The summed E-state index contributed by atoms with van der Waals surface area (Å²) < 4.78 is 30.7. The molecule has 1 atom stereocenters. The maximum absolute atomic E-state index is 13.4. The summed E-state index contributed by atoms with van der Waals surface area (Å²) in [4.78, 5) is 0.339. The van der Waals surface area contributed by atoms with Crippen LogP contribution in [0.3, 0.4) is 0 Å². The zero-order chi connectivity index (χ0) is 19.9. The highest BCUT2D eigenvalue weighted by atomic mass is 32.2. The number of fused-ring (bicyclic) bond motifs is 1. The molecule has 0 bridgehead atoms. The molecule has 1 aliphatic heterocycles. The summed E-state index contributed by atoms with van der Waals surface area (Å²) in [5.41, 5.74) is 3.29. The van der Waals surface area contributed by atoms with Crippen molar-refractivity contribution in [3.63, 3.8) is 0 Å². The molecule has 4 rings (SSSR count). The summed E-state index contributed by atoms with van der Waals surface area (Å²) in [6.45, 7) is 7.65. The van der Waals surface area contributed by atoms with Gasteiger partial charge in [-0.1, -0.05) is 63.2 Å². The predicted octanol–water partition coefficient (Wildman–Crippen LogP) is 4.58. The first-order valence-corrected chi connectivity index (χ1v) is 11.0. The quantitative estimate of drug-likeness (QED) is 0.653. The van der Waals surface area contributed by atoms with E-state index in [4.69, 9.17) is 0 Å². The molecular formula is C23H26N2O2S. The third-order valence-electron chi connectivity index (χ3n) is 5.44. The van der Waals surface area contributed by atoms with E-state index in [2.05, 4.69) is 49.6 Å². The average Bonchev–Trinajstić information content (AvgIpc) is 3.16. The lowest BCUT2D eigenvalue weighted by Crippen LogP contribution is -2.42. The Morgan fingerprint density at radius 1 is 0.857 bits per heavy atom. The van der Waals surface area contributed by atoms with Crippen molar-refractivity contribution in [2.75, 3.05) is 6.54 Å². The largest absolute Gasteiger partial charge is 0.348 e. The zero-order valence-electron chi connectivity index (χ0n) is 16.5. The monoisotopic (exact) mass is 394 g/mol. The van der Waals surface area contributed by atoms with E-state index < -0.39 is 10.0 Å². The highest BCUT2D eigenvalue weighted by Gasteiger charge is 2.37. The highest BCUT2D eigenvalue weighted by Crippen LogP contribution is 2.37. The van der Waals surface area contributed by atoms with Crippen molar-refractivity contribution in [2.24, 2.45) is 0 Å². The molecule has 0 aliphatic carbocycles.